The number of nitrogens with zero attached hydrogens (tertiary/aromatic N) is 2. The molecule has 0 bridgehead atoms. The maximum Gasteiger partial charge on any atom is 0.243 e. The lowest BCUT2D eigenvalue weighted by atomic mass is 9.96. The largest absolute Gasteiger partial charge is 0.309 e. The molecule has 5 nitrogen and oxygen atoms in total. The van der Waals surface area contributed by atoms with E-state index in [1.54, 1.807) is 12.1 Å². The third-order valence-electron chi connectivity index (χ3n) is 5.91. The Hall–Kier alpha value is -2.18. The van der Waals surface area contributed by atoms with E-state index in [0.29, 0.717) is 30.8 Å². The highest BCUT2D eigenvalue weighted by Gasteiger charge is 2.38. The van der Waals surface area contributed by atoms with E-state index in [9.17, 15) is 13.2 Å². The molecule has 28 heavy (non-hydrogen) atoms. The number of aryl methyl sites for hydroxylation is 1. The zero-order chi connectivity index (χ0) is 19.9. The second-order valence-corrected chi connectivity index (χ2v) is 9.82. The van der Waals surface area contributed by atoms with Crippen molar-refractivity contribution in [2.75, 3.05) is 18.0 Å². The fourth-order valence-corrected chi connectivity index (χ4v) is 5.77. The van der Waals surface area contributed by atoms with Gasteiger partial charge in [-0.3, -0.25) is 4.79 Å². The van der Waals surface area contributed by atoms with Gasteiger partial charge in [0.25, 0.3) is 0 Å². The van der Waals surface area contributed by atoms with E-state index in [1.807, 2.05) is 42.2 Å². The molecule has 4 rings (SSSR count). The van der Waals surface area contributed by atoms with Gasteiger partial charge >= 0.3 is 0 Å². The number of benzene rings is 2. The van der Waals surface area contributed by atoms with Crippen LogP contribution in [0.2, 0.25) is 0 Å². The third kappa shape index (κ3) is 3.35. The summed E-state index contributed by atoms with van der Waals surface area (Å²) in [6, 6.07) is 15.2. The average Bonchev–Trinajstić information content (AvgIpc) is 3.03. The molecule has 1 atom stereocenters. The highest BCUT2D eigenvalue weighted by atomic mass is 32.2. The van der Waals surface area contributed by atoms with Gasteiger partial charge in [-0.2, -0.15) is 4.31 Å². The number of carbonyl (C=O) groups is 1. The third-order valence-corrected chi connectivity index (χ3v) is 7.82. The maximum atomic E-state index is 13.2. The minimum atomic E-state index is -3.50. The highest BCUT2D eigenvalue weighted by molar-refractivity contribution is 7.89. The van der Waals surface area contributed by atoms with E-state index in [-0.39, 0.29) is 17.9 Å². The normalized spacial score (nSPS) is 20.9. The number of hydrogen-bond acceptors (Lipinski definition) is 3. The number of rotatable bonds is 3. The summed E-state index contributed by atoms with van der Waals surface area (Å²) in [6.45, 7) is 4.78. The lowest BCUT2D eigenvalue weighted by Crippen LogP contribution is -2.46. The predicted octanol–water partition coefficient (Wildman–Crippen LogP) is 3.37. The average molecular weight is 399 g/mol. The summed E-state index contributed by atoms with van der Waals surface area (Å²) in [5, 5.41) is 0. The Morgan fingerprint density at radius 2 is 1.64 bits per heavy atom. The van der Waals surface area contributed by atoms with E-state index >= 15 is 0 Å². The van der Waals surface area contributed by atoms with Crippen molar-refractivity contribution in [3.05, 3.63) is 59.7 Å². The van der Waals surface area contributed by atoms with E-state index in [4.69, 9.17) is 0 Å². The monoisotopic (exact) mass is 398 g/mol. The molecule has 148 valence electrons. The Kier molecular flexibility index (Phi) is 5.02. The van der Waals surface area contributed by atoms with Crippen LogP contribution in [0.15, 0.2) is 53.4 Å². The lowest BCUT2D eigenvalue weighted by molar-refractivity contribution is -0.123. The number of amides is 1. The van der Waals surface area contributed by atoms with Gasteiger partial charge in [0, 0.05) is 30.7 Å². The molecule has 1 saturated heterocycles. The number of fused-ring (bicyclic) bond motifs is 1. The molecule has 2 heterocycles. The summed E-state index contributed by atoms with van der Waals surface area (Å²) in [5.41, 5.74) is 3.25. The van der Waals surface area contributed by atoms with Gasteiger partial charge in [0.2, 0.25) is 15.9 Å². The van der Waals surface area contributed by atoms with Gasteiger partial charge in [-0.1, -0.05) is 35.9 Å². The Morgan fingerprint density at radius 3 is 2.32 bits per heavy atom. The minimum absolute atomic E-state index is 0.127. The van der Waals surface area contributed by atoms with Crippen molar-refractivity contribution >= 4 is 21.6 Å². The summed E-state index contributed by atoms with van der Waals surface area (Å²) >= 11 is 0. The molecule has 0 saturated carbocycles. The van der Waals surface area contributed by atoms with Crippen LogP contribution in [0.4, 0.5) is 5.69 Å². The molecule has 0 aromatic heterocycles. The maximum absolute atomic E-state index is 13.2. The van der Waals surface area contributed by atoms with Crippen molar-refractivity contribution in [1.29, 1.82) is 0 Å². The minimum Gasteiger partial charge on any atom is -0.309 e. The first-order valence-corrected chi connectivity index (χ1v) is 11.3. The topological polar surface area (TPSA) is 57.7 Å². The van der Waals surface area contributed by atoms with Crippen LogP contribution in [-0.2, 0) is 21.2 Å². The van der Waals surface area contributed by atoms with Gasteiger partial charge in [0.05, 0.1) is 4.90 Å². The second kappa shape index (κ2) is 7.33. The van der Waals surface area contributed by atoms with E-state index in [1.165, 1.54) is 9.87 Å². The first-order chi connectivity index (χ1) is 13.4. The summed E-state index contributed by atoms with van der Waals surface area (Å²) in [4.78, 5) is 15.4. The van der Waals surface area contributed by atoms with Crippen LogP contribution in [0.25, 0.3) is 0 Å². The molecule has 6 heteroatoms. The smallest absolute Gasteiger partial charge is 0.243 e. The van der Waals surface area contributed by atoms with Crippen LogP contribution in [0, 0.1) is 12.8 Å². The van der Waals surface area contributed by atoms with Gasteiger partial charge < -0.3 is 4.90 Å². The number of piperidine rings is 1. The van der Waals surface area contributed by atoms with E-state index in [2.05, 4.69) is 13.0 Å². The molecule has 2 aliphatic rings. The van der Waals surface area contributed by atoms with Crippen LogP contribution in [-0.4, -0.2) is 37.8 Å². The first-order valence-electron chi connectivity index (χ1n) is 9.86. The Balaban J connectivity index is 1.46. The van der Waals surface area contributed by atoms with Gasteiger partial charge in [-0.25, -0.2) is 8.42 Å². The Morgan fingerprint density at radius 1 is 1.00 bits per heavy atom. The number of anilines is 1. The molecular formula is C22H26N2O3S. The summed E-state index contributed by atoms with van der Waals surface area (Å²) < 4.78 is 27.3. The number of sulfonamides is 1. The zero-order valence-corrected chi connectivity index (χ0v) is 17.2. The van der Waals surface area contributed by atoms with Crippen LogP contribution in [0.3, 0.4) is 0 Å². The molecule has 2 aromatic carbocycles. The van der Waals surface area contributed by atoms with Gasteiger partial charge in [-0.15, -0.1) is 0 Å². The van der Waals surface area contributed by atoms with Gasteiger partial charge in [-0.05, 0) is 56.9 Å². The Bertz CT molecular complexity index is 977. The molecule has 0 radical (unpaired) electrons. The molecule has 0 spiro atoms. The molecule has 0 aliphatic carbocycles. The lowest BCUT2D eigenvalue weighted by Gasteiger charge is -2.34. The molecule has 0 N–H and O–H groups in total. The van der Waals surface area contributed by atoms with Crippen molar-refractivity contribution in [2.24, 2.45) is 5.92 Å². The number of para-hydroxylation sites is 1. The summed E-state index contributed by atoms with van der Waals surface area (Å²) in [6.07, 6.45) is 2.01. The van der Waals surface area contributed by atoms with Crippen molar-refractivity contribution in [2.45, 2.75) is 44.0 Å². The Labute approximate surface area is 167 Å². The second-order valence-electron chi connectivity index (χ2n) is 7.88. The van der Waals surface area contributed by atoms with Gasteiger partial charge in [0.1, 0.15) is 0 Å². The van der Waals surface area contributed by atoms with Crippen LogP contribution in [0.1, 0.15) is 30.9 Å². The van der Waals surface area contributed by atoms with Crippen LogP contribution >= 0.6 is 0 Å². The van der Waals surface area contributed by atoms with Crippen molar-refractivity contribution < 1.29 is 13.2 Å². The van der Waals surface area contributed by atoms with Crippen LogP contribution in [0.5, 0.6) is 0 Å². The molecule has 1 fully saturated rings. The van der Waals surface area contributed by atoms with Crippen molar-refractivity contribution in [3.63, 3.8) is 0 Å². The summed E-state index contributed by atoms with van der Waals surface area (Å²) in [7, 11) is -3.50. The van der Waals surface area contributed by atoms with Crippen molar-refractivity contribution in [3.8, 4) is 0 Å². The fourth-order valence-electron chi connectivity index (χ4n) is 4.30. The molecule has 2 aliphatic heterocycles. The highest BCUT2D eigenvalue weighted by Crippen LogP contribution is 2.35. The van der Waals surface area contributed by atoms with E-state index < -0.39 is 10.0 Å². The SMILES string of the molecule is Cc1ccc(S(=O)(=O)N2CCC(C(=O)N3c4ccccc4C[C@@H]3C)CC2)cc1. The zero-order valence-electron chi connectivity index (χ0n) is 16.3. The van der Waals surface area contributed by atoms with E-state index in [0.717, 1.165) is 17.7 Å². The fraction of sp³-hybridized carbons (Fsp3) is 0.409. The van der Waals surface area contributed by atoms with Crippen LogP contribution < -0.4 is 4.90 Å². The standard InChI is InChI=1S/C22H26N2O3S/c1-16-7-9-20(10-8-16)28(26,27)23-13-11-18(12-14-23)22(25)24-17(2)15-19-5-3-4-6-21(19)24/h3-10,17-18H,11-15H2,1-2H3/t17-/m0/s1. The number of carbonyl (C=O) groups excluding carboxylic acids is 1. The molecule has 0 unspecified atom stereocenters. The van der Waals surface area contributed by atoms with Gasteiger partial charge in [0.15, 0.2) is 0 Å². The summed E-state index contributed by atoms with van der Waals surface area (Å²) in [5.74, 6) is 0.00269. The quantitative estimate of drug-likeness (QED) is 0.796. The molecule has 2 aromatic rings. The predicted molar refractivity (Wildman–Crippen MR) is 110 cm³/mol. The molecular weight excluding hydrogens is 372 g/mol. The van der Waals surface area contributed by atoms with Crippen molar-refractivity contribution in [1.82, 2.24) is 4.31 Å². The first kappa shape index (κ1) is 19.2. The molecule has 1 amide bonds. The number of hydrogen-bond donors (Lipinski definition) is 0.